The fourth-order valence-corrected chi connectivity index (χ4v) is 2.82. The standard InChI is InChI=1S/C24H18O4/c25-24(17-26-23-12-6-8-18-7-4-5-11-22(18)23)28-21-15-13-20(14-16-21)27-19-9-2-1-3-10-19/h1-16H,17H2. The SMILES string of the molecule is O=C(COc1cccc2ccccc12)Oc1ccc(Oc2ccccc2)cc1. The zero-order valence-electron chi connectivity index (χ0n) is 15.1. The van der Waals surface area contributed by atoms with Crippen molar-refractivity contribution >= 4 is 16.7 Å². The molecule has 0 bridgehead atoms. The third-order valence-corrected chi connectivity index (χ3v) is 4.13. The number of benzene rings is 4. The van der Waals surface area contributed by atoms with Gasteiger partial charge in [0.2, 0.25) is 0 Å². The lowest BCUT2D eigenvalue weighted by Crippen LogP contribution is -2.17. The molecule has 28 heavy (non-hydrogen) atoms. The molecule has 0 aliphatic rings. The van der Waals surface area contributed by atoms with Crippen LogP contribution in [0.1, 0.15) is 0 Å². The number of fused-ring (bicyclic) bond motifs is 1. The van der Waals surface area contributed by atoms with Gasteiger partial charge in [0.25, 0.3) is 0 Å². The number of rotatable bonds is 6. The number of hydrogen-bond donors (Lipinski definition) is 0. The zero-order chi connectivity index (χ0) is 19.2. The molecule has 4 aromatic rings. The summed E-state index contributed by atoms with van der Waals surface area (Å²) in [5.74, 6) is 2.03. The molecular formula is C24H18O4. The van der Waals surface area contributed by atoms with Gasteiger partial charge in [0, 0.05) is 5.39 Å². The first kappa shape index (κ1) is 17.6. The van der Waals surface area contributed by atoms with Crippen molar-refractivity contribution < 1.29 is 19.0 Å². The Hall–Kier alpha value is -3.79. The highest BCUT2D eigenvalue weighted by Gasteiger charge is 2.08. The van der Waals surface area contributed by atoms with E-state index in [-0.39, 0.29) is 6.61 Å². The van der Waals surface area contributed by atoms with Crippen LogP contribution < -0.4 is 14.2 Å². The lowest BCUT2D eigenvalue weighted by molar-refractivity contribution is -0.136. The molecule has 0 N–H and O–H groups in total. The number of carbonyl (C=O) groups excluding carboxylic acids is 1. The second-order valence-corrected chi connectivity index (χ2v) is 6.13. The van der Waals surface area contributed by atoms with Crippen molar-refractivity contribution in [2.45, 2.75) is 0 Å². The van der Waals surface area contributed by atoms with Crippen LogP contribution in [0.3, 0.4) is 0 Å². The second-order valence-electron chi connectivity index (χ2n) is 6.13. The van der Waals surface area contributed by atoms with Crippen LogP contribution in [0, 0.1) is 0 Å². The van der Waals surface area contributed by atoms with Crippen LogP contribution in [0.25, 0.3) is 10.8 Å². The molecule has 0 radical (unpaired) electrons. The Morgan fingerprint density at radius 3 is 2.11 bits per heavy atom. The maximum absolute atomic E-state index is 12.1. The van der Waals surface area contributed by atoms with Gasteiger partial charge in [0.15, 0.2) is 6.61 Å². The van der Waals surface area contributed by atoms with Gasteiger partial charge in [-0.3, -0.25) is 0 Å². The van der Waals surface area contributed by atoms with Gasteiger partial charge in [-0.15, -0.1) is 0 Å². The third-order valence-electron chi connectivity index (χ3n) is 4.13. The van der Waals surface area contributed by atoms with Gasteiger partial charge in [-0.2, -0.15) is 0 Å². The summed E-state index contributed by atoms with van der Waals surface area (Å²) >= 11 is 0. The van der Waals surface area contributed by atoms with E-state index in [2.05, 4.69) is 0 Å². The molecule has 0 amide bonds. The Morgan fingerprint density at radius 1 is 0.643 bits per heavy atom. The molecule has 0 fully saturated rings. The molecule has 0 aromatic heterocycles. The van der Waals surface area contributed by atoms with Gasteiger partial charge in [0.1, 0.15) is 23.0 Å². The van der Waals surface area contributed by atoms with Gasteiger partial charge in [-0.25, -0.2) is 4.79 Å². The fourth-order valence-electron chi connectivity index (χ4n) is 2.82. The van der Waals surface area contributed by atoms with E-state index in [1.54, 1.807) is 24.3 Å². The van der Waals surface area contributed by atoms with Crippen LogP contribution in [0.5, 0.6) is 23.0 Å². The molecule has 4 aromatic carbocycles. The first-order valence-electron chi connectivity index (χ1n) is 8.92. The fraction of sp³-hybridized carbons (Fsp3) is 0.0417. The second kappa shape index (κ2) is 8.27. The molecule has 0 aliphatic carbocycles. The Balaban J connectivity index is 1.34. The maximum Gasteiger partial charge on any atom is 0.349 e. The molecule has 4 nitrogen and oxygen atoms in total. The molecule has 4 heteroatoms. The number of carbonyl (C=O) groups is 1. The number of hydrogen-bond acceptors (Lipinski definition) is 4. The lowest BCUT2D eigenvalue weighted by atomic mass is 10.1. The highest BCUT2D eigenvalue weighted by Crippen LogP contribution is 2.26. The van der Waals surface area contributed by atoms with Crippen molar-refractivity contribution in [1.29, 1.82) is 0 Å². The van der Waals surface area contributed by atoms with Gasteiger partial charge >= 0.3 is 5.97 Å². The van der Waals surface area contributed by atoms with Crippen molar-refractivity contribution in [2.24, 2.45) is 0 Å². The Kier molecular flexibility index (Phi) is 5.20. The minimum absolute atomic E-state index is 0.170. The first-order valence-corrected chi connectivity index (χ1v) is 8.92. The van der Waals surface area contributed by atoms with Crippen molar-refractivity contribution in [3.8, 4) is 23.0 Å². The van der Waals surface area contributed by atoms with E-state index in [4.69, 9.17) is 14.2 Å². The van der Waals surface area contributed by atoms with Gasteiger partial charge in [-0.05, 0) is 47.9 Å². The normalized spacial score (nSPS) is 10.4. The van der Waals surface area contributed by atoms with E-state index in [1.807, 2.05) is 72.8 Å². The van der Waals surface area contributed by atoms with Crippen LogP contribution in [0.15, 0.2) is 97.1 Å². The van der Waals surface area contributed by atoms with Gasteiger partial charge < -0.3 is 14.2 Å². The number of esters is 1. The van der Waals surface area contributed by atoms with Crippen molar-refractivity contribution in [2.75, 3.05) is 6.61 Å². The summed E-state index contributed by atoms with van der Waals surface area (Å²) in [6.07, 6.45) is 0. The van der Waals surface area contributed by atoms with Crippen LogP contribution >= 0.6 is 0 Å². The van der Waals surface area contributed by atoms with Crippen LogP contribution in [-0.2, 0) is 4.79 Å². The Morgan fingerprint density at radius 2 is 1.29 bits per heavy atom. The summed E-state index contributed by atoms with van der Waals surface area (Å²) in [6, 6.07) is 30.0. The predicted molar refractivity (Wildman–Crippen MR) is 108 cm³/mol. The molecule has 0 heterocycles. The Labute approximate surface area is 162 Å². The van der Waals surface area contributed by atoms with Crippen molar-refractivity contribution in [1.82, 2.24) is 0 Å². The maximum atomic E-state index is 12.1. The monoisotopic (exact) mass is 370 g/mol. The molecule has 0 aliphatic heterocycles. The molecule has 0 saturated carbocycles. The topological polar surface area (TPSA) is 44.8 Å². The van der Waals surface area contributed by atoms with Crippen LogP contribution in [-0.4, -0.2) is 12.6 Å². The minimum Gasteiger partial charge on any atom is -0.481 e. The molecule has 138 valence electrons. The van der Waals surface area contributed by atoms with E-state index in [1.165, 1.54) is 0 Å². The third kappa shape index (κ3) is 4.30. The molecule has 4 rings (SSSR count). The first-order chi connectivity index (χ1) is 13.8. The van der Waals surface area contributed by atoms with Crippen LogP contribution in [0.2, 0.25) is 0 Å². The van der Waals surface area contributed by atoms with E-state index < -0.39 is 5.97 Å². The minimum atomic E-state index is -0.468. The summed E-state index contributed by atoms with van der Waals surface area (Å²) in [6.45, 7) is -0.170. The highest BCUT2D eigenvalue weighted by atomic mass is 16.6. The molecule has 0 spiro atoms. The van der Waals surface area contributed by atoms with E-state index in [0.29, 0.717) is 17.2 Å². The van der Waals surface area contributed by atoms with Crippen molar-refractivity contribution in [3.63, 3.8) is 0 Å². The van der Waals surface area contributed by atoms with Crippen LogP contribution in [0.4, 0.5) is 0 Å². The molecule has 0 unspecified atom stereocenters. The Bertz CT molecular complexity index is 1070. The van der Waals surface area contributed by atoms with E-state index >= 15 is 0 Å². The van der Waals surface area contributed by atoms with Crippen molar-refractivity contribution in [3.05, 3.63) is 97.1 Å². The summed E-state index contributed by atoms with van der Waals surface area (Å²) in [7, 11) is 0. The summed E-state index contributed by atoms with van der Waals surface area (Å²) < 4.78 is 16.7. The average molecular weight is 370 g/mol. The number of ether oxygens (including phenoxy) is 3. The van der Waals surface area contributed by atoms with E-state index in [0.717, 1.165) is 16.5 Å². The summed E-state index contributed by atoms with van der Waals surface area (Å²) in [5.41, 5.74) is 0. The summed E-state index contributed by atoms with van der Waals surface area (Å²) in [5, 5.41) is 2.02. The van der Waals surface area contributed by atoms with E-state index in [9.17, 15) is 4.79 Å². The highest BCUT2D eigenvalue weighted by molar-refractivity contribution is 5.88. The summed E-state index contributed by atoms with van der Waals surface area (Å²) in [4.78, 5) is 12.1. The average Bonchev–Trinajstić information content (AvgIpc) is 2.74. The van der Waals surface area contributed by atoms with Gasteiger partial charge in [0.05, 0.1) is 0 Å². The molecule has 0 atom stereocenters. The molecule has 0 saturated heterocycles. The number of para-hydroxylation sites is 1. The smallest absolute Gasteiger partial charge is 0.349 e. The largest absolute Gasteiger partial charge is 0.481 e. The quantitative estimate of drug-likeness (QED) is 0.327. The lowest BCUT2D eigenvalue weighted by Gasteiger charge is -2.10. The molecular weight excluding hydrogens is 352 g/mol. The zero-order valence-corrected chi connectivity index (χ0v) is 15.1. The predicted octanol–water partition coefficient (Wildman–Crippen LogP) is 5.62. The van der Waals surface area contributed by atoms with Gasteiger partial charge in [-0.1, -0.05) is 54.6 Å².